The van der Waals surface area contributed by atoms with Gasteiger partial charge in [0.2, 0.25) is 5.95 Å². The van der Waals surface area contributed by atoms with Gasteiger partial charge < -0.3 is 15.8 Å². The molecule has 37 heavy (non-hydrogen) atoms. The zero-order chi connectivity index (χ0) is 26.1. The van der Waals surface area contributed by atoms with Crippen molar-refractivity contribution >= 4 is 29.8 Å². The van der Waals surface area contributed by atoms with Gasteiger partial charge in [-0.15, -0.1) is 0 Å². The zero-order valence-electron chi connectivity index (χ0n) is 20.7. The number of pyridine rings is 1. The van der Waals surface area contributed by atoms with Crippen LogP contribution in [0, 0.1) is 17.6 Å². The third-order valence-corrected chi connectivity index (χ3v) is 7.88. The van der Waals surface area contributed by atoms with Gasteiger partial charge in [-0.25, -0.2) is 13.8 Å². The molecule has 4 atom stereocenters. The van der Waals surface area contributed by atoms with Crippen LogP contribution < -0.4 is 11.1 Å². The highest BCUT2D eigenvalue weighted by Gasteiger charge is 2.33. The molecule has 1 aliphatic carbocycles. The van der Waals surface area contributed by atoms with E-state index in [1.807, 2.05) is 13.0 Å². The molecule has 3 heterocycles. The van der Waals surface area contributed by atoms with E-state index in [0.717, 1.165) is 24.1 Å². The van der Waals surface area contributed by atoms with E-state index in [2.05, 4.69) is 39.9 Å². The lowest BCUT2D eigenvalue weighted by molar-refractivity contribution is 0.133. The summed E-state index contributed by atoms with van der Waals surface area (Å²) in [5, 5.41) is 8.03. The van der Waals surface area contributed by atoms with Crippen LogP contribution >= 0.6 is 12.6 Å². The van der Waals surface area contributed by atoms with E-state index in [-0.39, 0.29) is 35.1 Å². The first-order valence-electron chi connectivity index (χ1n) is 12.4. The van der Waals surface area contributed by atoms with Crippen LogP contribution in [0.25, 0.3) is 16.8 Å². The van der Waals surface area contributed by atoms with E-state index in [1.54, 1.807) is 30.7 Å². The Morgan fingerprint density at radius 3 is 2.68 bits per heavy atom. The molecule has 3 aromatic heterocycles. The molecule has 3 N–H and O–H groups in total. The first kappa shape index (κ1) is 25.6. The van der Waals surface area contributed by atoms with Gasteiger partial charge in [0.15, 0.2) is 0 Å². The summed E-state index contributed by atoms with van der Waals surface area (Å²) in [4.78, 5) is 8.76. The van der Waals surface area contributed by atoms with Gasteiger partial charge in [-0.3, -0.25) is 4.98 Å². The molecule has 0 saturated heterocycles. The van der Waals surface area contributed by atoms with Crippen LogP contribution in [0.5, 0.6) is 0 Å². The number of anilines is 2. The third kappa shape index (κ3) is 5.18. The van der Waals surface area contributed by atoms with Crippen LogP contribution in [-0.4, -0.2) is 37.5 Å². The van der Waals surface area contributed by atoms with E-state index in [0.29, 0.717) is 29.6 Å². The molecule has 0 radical (unpaired) electrons. The Bertz CT molecular complexity index is 1380. The van der Waals surface area contributed by atoms with Crippen LogP contribution in [0.15, 0.2) is 48.9 Å². The molecular formula is C27H30F2N6OS. The lowest BCUT2D eigenvalue weighted by Gasteiger charge is -2.37. The van der Waals surface area contributed by atoms with Gasteiger partial charge in [-0.05, 0) is 73.1 Å². The number of rotatable bonds is 7. The minimum atomic E-state index is -0.698. The number of imidazole rings is 1. The van der Waals surface area contributed by atoms with Crippen molar-refractivity contribution in [2.24, 2.45) is 11.7 Å². The second kappa shape index (κ2) is 10.7. The molecule has 10 heteroatoms. The highest BCUT2D eigenvalue weighted by molar-refractivity contribution is 7.81. The van der Waals surface area contributed by atoms with Crippen molar-refractivity contribution in [2.45, 2.75) is 50.5 Å². The summed E-state index contributed by atoms with van der Waals surface area (Å²) in [6, 6.07) is 7.86. The summed E-state index contributed by atoms with van der Waals surface area (Å²) in [5.41, 5.74) is 9.33. The number of aromatic nitrogens is 4. The van der Waals surface area contributed by atoms with E-state index in [4.69, 9.17) is 10.5 Å². The molecule has 0 spiro atoms. The van der Waals surface area contributed by atoms with Gasteiger partial charge >= 0.3 is 0 Å². The fraction of sp³-hybridized carbons (Fsp3) is 0.370. The predicted octanol–water partition coefficient (Wildman–Crippen LogP) is 5.49. The number of nitrogens with zero attached hydrogens (tertiary/aromatic N) is 4. The zero-order valence-corrected chi connectivity index (χ0v) is 21.6. The fourth-order valence-electron chi connectivity index (χ4n) is 5.09. The maximum absolute atomic E-state index is 14.9. The van der Waals surface area contributed by atoms with Crippen molar-refractivity contribution in [2.75, 3.05) is 11.9 Å². The Balaban J connectivity index is 1.47. The molecule has 5 rings (SSSR count). The van der Waals surface area contributed by atoms with Crippen LogP contribution in [-0.2, 0) is 11.3 Å². The van der Waals surface area contributed by atoms with E-state index >= 15 is 0 Å². The monoisotopic (exact) mass is 524 g/mol. The Hall–Kier alpha value is -3.08. The molecule has 1 aliphatic rings. The Labute approximate surface area is 219 Å². The molecular weight excluding hydrogens is 494 g/mol. The standard InChI is InChI=1S/C27H30F2N6OS/c1-3-36-14-16-9-20(28)25(21(29)10-16)23-5-4-18-12-32-27(35(18)34-23)33-24-13-31-7-6-19(24)17-8-15(2)26(37)22(30)11-17/h4-7,9-10,12-13,15,17,22,26,37H,3,8,11,14,30H2,1-2H3,(H,32,33). The van der Waals surface area contributed by atoms with Crippen LogP contribution in [0.1, 0.15) is 43.7 Å². The van der Waals surface area contributed by atoms with Crippen molar-refractivity contribution in [1.29, 1.82) is 0 Å². The summed E-state index contributed by atoms with van der Waals surface area (Å²) >= 11 is 4.68. The van der Waals surface area contributed by atoms with Crippen molar-refractivity contribution in [1.82, 2.24) is 19.6 Å². The van der Waals surface area contributed by atoms with Gasteiger partial charge in [0.05, 0.1) is 41.5 Å². The normalized spacial score (nSPS) is 21.9. The van der Waals surface area contributed by atoms with Crippen molar-refractivity contribution in [3.8, 4) is 11.3 Å². The number of halogens is 2. The smallest absolute Gasteiger partial charge is 0.229 e. The summed E-state index contributed by atoms with van der Waals surface area (Å²) in [6.07, 6.45) is 6.95. The maximum atomic E-state index is 14.9. The lowest BCUT2D eigenvalue weighted by Crippen LogP contribution is -2.41. The SMILES string of the molecule is CCOCc1cc(F)c(-c2ccc3cnc(Nc4cnccc4C4CC(C)C(S)C(N)C4)n3n2)c(F)c1. The second-order valence-corrected chi connectivity index (χ2v) is 10.2. The number of hydrogen-bond acceptors (Lipinski definition) is 7. The highest BCUT2D eigenvalue weighted by Crippen LogP contribution is 2.40. The average molecular weight is 525 g/mol. The summed E-state index contributed by atoms with van der Waals surface area (Å²) < 4.78 is 36.7. The molecule has 0 bridgehead atoms. The molecule has 1 saturated carbocycles. The Morgan fingerprint density at radius 1 is 1.16 bits per heavy atom. The number of nitrogens with one attached hydrogen (secondary N) is 1. The van der Waals surface area contributed by atoms with Gasteiger partial charge in [-0.2, -0.15) is 22.2 Å². The highest BCUT2D eigenvalue weighted by atomic mass is 32.1. The molecule has 0 aliphatic heterocycles. The van der Waals surface area contributed by atoms with E-state index in [9.17, 15) is 8.78 Å². The first-order chi connectivity index (χ1) is 17.9. The largest absolute Gasteiger partial charge is 0.377 e. The number of fused-ring (bicyclic) bond motifs is 1. The number of hydrogen-bond donors (Lipinski definition) is 3. The Morgan fingerprint density at radius 2 is 1.95 bits per heavy atom. The summed E-state index contributed by atoms with van der Waals surface area (Å²) in [7, 11) is 0. The van der Waals surface area contributed by atoms with Crippen molar-refractivity contribution in [3.63, 3.8) is 0 Å². The summed E-state index contributed by atoms with van der Waals surface area (Å²) in [6.45, 7) is 4.60. The summed E-state index contributed by atoms with van der Waals surface area (Å²) in [5.74, 6) is -0.363. The molecule has 1 aromatic carbocycles. The maximum Gasteiger partial charge on any atom is 0.229 e. The van der Waals surface area contributed by atoms with E-state index < -0.39 is 11.6 Å². The van der Waals surface area contributed by atoms with Gasteiger partial charge in [0.25, 0.3) is 0 Å². The van der Waals surface area contributed by atoms with Gasteiger partial charge in [-0.1, -0.05) is 6.92 Å². The minimum Gasteiger partial charge on any atom is -0.377 e. The molecule has 4 unspecified atom stereocenters. The number of ether oxygens (including phenoxy) is 1. The lowest BCUT2D eigenvalue weighted by atomic mass is 9.76. The van der Waals surface area contributed by atoms with E-state index in [1.165, 1.54) is 16.6 Å². The second-order valence-electron chi connectivity index (χ2n) is 9.60. The molecule has 4 aromatic rings. The topological polar surface area (TPSA) is 90.4 Å². The average Bonchev–Trinajstić information content (AvgIpc) is 3.27. The van der Waals surface area contributed by atoms with Crippen molar-refractivity contribution < 1.29 is 13.5 Å². The first-order valence-corrected chi connectivity index (χ1v) is 12.9. The number of thiol groups is 1. The number of nitrogens with two attached hydrogens (primary N) is 1. The van der Waals surface area contributed by atoms with Gasteiger partial charge in [0, 0.05) is 24.1 Å². The molecule has 1 fully saturated rings. The molecule has 0 amide bonds. The fourth-order valence-corrected chi connectivity index (χ4v) is 5.33. The predicted molar refractivity (Wildman–Crippen MR) is 143 cm³/mol. The van der Waals surface area contributed by atoms with Crippen LogP contribution in [0.3, 0.4) is 0 Å². The van der Waals surface area contributed by atoms with Crippen LogP contribution in [0.2, 0.25) is 0 Å². The minimum absolute atomic E-state index is 0.000653. The van der Waals surface area contributed by atoms with Crippen molar-refractivity contribution in [3.05, 3.63) is 71.7 Å². The third-order valence-electron chi connectivity index (χ3n) is 6.99. The quantitative estimate of drug-likeness (QED) is 0.277. The molecule has 194 valence electrons. The number of benzene rings is 1. The Kier molecular flexibility index (Phi) is 7.41. The van der Waals surface area contributed by atoms with Crippen LogP contribution in [0.4, 0.5) is 20.4 Å². The molecule has 7 nitrogen and oxygen atoms in total. The van der Waals surface area contributed by atoms with Gasteiger partial charge in [0.1, 0.15) is 11.6 Å².